The van der Waals surface area contributed by atoms with Gasteiger partial charge in [0.05, 0.1) is 10.0 Å². The lowest BCUT2D eigenvalue weighted by molar-refractivity contribution is -0.120. The highest BCUT2D eigenvalue weighted by molar-refractivity contribution is 7.91. The molecule has 198 valence electrons. The second-order valence-corrected chi connectivity index (χ2v) is 14.2. The van der Waals surface area contributed by atoms with Gasteiger partial charge in [-0.05, 0) is 42.5 Å². The normalized spacial score (nSPS) is 15.0. The van der Waals surface area contributed by atoms with Crippen molar-refractivity contribution in [1.29, 1.82) is 0 Å². The van der Waals surface area contributed by atoms with E-state index in [1.54, 1.807) is 6.07 Å². The van der Waals surface area contributed by atoms with Crippen molar-refractivity contribution in [3.63, 3.8) is 0 Å². The molecule has 1 saturated heterocycles. The summed E-state index contributed by atoms with van der Waals surface area (Å²) in [7, 11) is -3.58. The Morgan fingerprint density at radius 1 is 0.974 bits per heavy atom. The number of hydrogen-bond acceptors (Lipinski definition) is 6. The summed E-state index contributed by atoms with van der Waals surface area (Å²) in [5.41, 5.74) is 4.24. The van der Waals surface area contributed by atoms with Crippen molar-refractivity contribution in [2.75, 3.05) is 18.4 Å². The Bertz CT molecular complexity index is 1510. The zero-order valence-corrected chi connectivity index (χ0v) is 24.1. The number of thiazole rings is 1. The number of nitrogens with one attached hydrogen (secondary N) is 1. The van der Waals surface area contributed by atoms with Gasteiger partial charge in [-0.25, -0.2) is 13.4 Å². The second-order valence-electron chi connectivity index (χ2n) is 9.21. The van der Waals surface area contributed by atoms with E-state index >= 15 is 0 Å². The van der Waals surface area contributed by atoms with Gasteiger partial charge in [0, 0.05) is 29.4 Å². The Morgan fingerprint density at radius 2 is 1.63 bits per heavy atom. The van der Waals surface area contributed by atoms with Gasteiger partial charge in [-0.3, -0.25) is 4.79 Å². The van der Waals surface area contributed by atoms with E-state index in [0.29, 0.717) is 35.4 Å². The molecule has 1 amide bonds. The van der Waals surface area contributed by atoms with Crippen molar-refractivity contribution < 1.29 is 13.2 Å². The Kier molecular flexibility index (Phi) is 8.30. The number of piperidine rings is 1. The smallest absolute Gasteiger partial charge is 0.252 e. The van der Waals surface area contributed by atoms with Crippen LogP contribution in [0.5, 0.6) is 0 Å². The van der Waals surface area contributed by atoms with E-state index in [0.717, 1.165) is 51.4 Å². The molecule has 3 heterocycles. The van der Waals surface area contributed by atoms with Crippen LogP contribution < -0.4 is 5.32 Å². The minimum absolute atomic E-state index is 0.107. The molecule has 1 aliphatic heterocycles. The number of thiophene rings is 1. The van der Waals surface area contributed by atoms with Gasteiger partial charge in [0.25, 0.3) is 10.0 Å². The highest BCUT2D eigenvalue weighted by Crippen LogP contribution is 2.35. The summed E-state index contributed by atoms with van der Waals surface area (Å²) in [5, 5.41) is 3.60. The number of anilines is 1. The second kappa shape index (κ2) is 11.7. The summed E-state index contributed by atoms with van der Waals surface area (Å²) >= 11 is 8.50. The van der Waals surface area contributed by atoms with Crippen LogP contribution in [0.3, 0.4) is 0 Å². The average molecular weight is 586 g/mol. The monoisotopic (exact) mass is 585 g/mol. The van der Waals surface area contributed by atoms with Crippen LogP contribution in [-0.4, -0.2) is 36.7 Å². The number of amides is 1. The standard InChI is InChI=1S/C28H28ClN3O3S3/c1-2-6-23-26(21-11-9-20(10-12-21)19-7-4-3-5-8-19)30-28(36-23)31-27(33)22-15-17-32(18-16-22)38(34,35)25-14-13-24(29)37-25/h3-5,7-14,22H,2,6,15-18H2,1H3,(H,30,31,33). The molecule has 0 unspecified atom stereocenters. The molecule has 2 aromatic heterocycles. The number of nitrogens with zero attached hydrogens (tertiary/aromatic N) is 2. The Balaban J connectivity index is 1.26. The van der Waals surface area contributed by atoms with Gasteiger partial charge >= 0.3 is 0 Å². The van der Waals surface area contributed by atoms with Crippen molar-refractivity contribution in [3.05, 3.63) is 75.9 Å². The highest BCUT2D eigenvalue weighted by Gasteiger charge is 2.33. The molecular formula is C28H28ClN3O3S3. The third-order valence-electron chi connectivity index (χ3n) is 6.64. The van der Waals surface area contributed by atoms with Crippen molar-refractivity contribution in [2.45, 2.75) is 36.8 Å². The summed E-state index contributed by atoms with van der Waals surface area (Å²) in [6, 6.07) is 21.7. The molecule has 4 aromatic rings. The van der Waals surface area contributed by atoms with E-state index in [-0.39, 0.29) is 16.0 Å². The molecule has 2 aromatic carbocycles. The van der Waals surface area contributed by atoms with E-state index in [1.165, 1.54) is 21.7 Å². The maximum absolute atomic E-state index is 13.1. The lowest BCUT2D eigenvalue weighted by atomic mass is 9.97. The van der Waals surface area contributed by atoms with Crippen LogP contribution in [0, 0.1) is 5.92 Å². The van der Waals surface area contributed by atoms with Crippen molar-refractivity contribution in [2.24, 2.45) is 5.92 Å². The molecule has 10 heteroatoms. The van der Waals surface area contributed by atoms with E-state index < -0.39 is 10.0 Å². The molecule has 0 spiro atoms. The minimum Gasteiger partial charge on any atom is -0.302 e. The summed E-state index contributed by atoms with van der Waals surface area (Å²) in [5.74, 6) is -0.371. The Hall–Kier alpha value is -2.56. The number of sulfonamides is 1. The number of halogens is 1. The average Bonchev–Trinajstić information content (AvgIpc) is 3.56. The first kappa shape index (κ1) is 27.0. The largest absolute Gasteiger partial charge is 0.302 e. The fraction of sp³-hybridized carbons (Fsp3) is 0.286. The molecule has 6 nitrogen and oxygen atoms in total. The summed E-state index contributed by atoms with van der Waals surface area (Å²) in [4.78, 5) is 19.0. The van der Waals surface area contributed by atoms with E-state index in [2.05, 4.69) is 48.6 Å². The van der Waals surface area contributed by atoms with Gasteiger partial charge in [0.2, 0.25) is 5.91 Å². The number of rotatable bonds is 8. The van der Waals surface area contributed by atoms with E-state index in [1.807, 2.05) is 18.2 Å². The number of benzene rings is 2. The van der Waals surface area contributed by atoms with Crippen molar-refractivity contribution >= 4 is 55.3 Å². The first-order chi connectivity index (χ1) is 18.3. The molecule has 1 aliphatic rings. The topological polar surface area (TPSA) is 79.4 Å². The molecule has 38 heavy (non-hydrogen) atoms. The SMILES string of the molecule is CCCc1sc(NC(=O)C2CCN(S(=O)(=O)c3ccc(Cl)s3)CC2)nc1-c1ccc(-c2ccccc2)cc1. The number of carbonyl (C=O) groups excluding carboxylic acids is 1. The third-order valence-corrected chi connectivity index (χ3v) is 11.3. The van der Waals surface area contributed by atoms with Crippen molar-refractivity contribution in [1.82, 2.24) is 9.29 Å². The first-order valence-electron chi connectivity index (χ1n) is 12.6. The molecule has 0 bridgehead atoms. The molecule has 0 radical (unpaired) electrons. The van der Waals surface area contributed by atoms with Crippen LogP contribution in [0.4, 0.5) is 5.13 Å². The maximum atomic E-state index is 13.1. The molecule has 1 fully saturated rings. The molecule has 0 atom stereocenters. The quantitative estimate of drug-likeness (QED) is 0.237. The predicted molar refractivity (Wildman–Crippen MR) is 156 cm³/mol. The van der Waals surface area contributed by atoms with Crippen LogP contribution >= 0.6 is 34.3 Å². The highest BCUT2D eigenvalue weighted by atomic mass is 35.5. The Labute approximate surface area is 236 Å². The van der Waals surface area contributed by atoms with Gasteiger partial charge in [-0.1, -0.05) is 79.5 Å². The van der Waals surface area contributed by atoms with Crippen LogP contribution in [0.2, 0.25) is 4.34 Å². The van der Waals surface area contributed by atoms with Gasteiger partial charge in [-0.2, -0.15) is 4.31 Å². The first-order valence-corrected chi connectivity index (χ1v) is 16.0. The minimum atomic E-state index is -3.58. The number of hydrogen-bond donors (Lipinski definition) is 1. The van der Waals surface area contributed by atoms with Crippen molar-refractivity contribution in [3.8, 4) is 22.4 Å². The zero-order chi connectivity index (χ0) is 26.7. The molecular weight excluding hydrogens is 558 g/mol. The maximum Gasteiger partial charge on any atom is 0.252 e. The number of carbonyl (C=O) groups is 1. The fourth-order valence-electron chi connectivity index (χ4n) is 4.61. The lowest BCUT2D eigenvalue weighted by Gasteiger charge is -2.29. The third kappa shape index (κ3) is 5.87. The van der Waals surface area contributed by atoms with E-state index in [9.17, 15) is 13.2 Å². The Morgan fingerprint density at radius 3 is 2.26 bits per heavy atom. The van der Waals surface area contributed by atoms with E-state index in [4.69, 9.17) is 16.6 Å². The molecule has 0 saturated carbocycles. The predicted octanol–water partition coefficient (Wildman–Crippen LogP) is 7.18. The lowest BCUT2D eigenvalue weighted by Crippen LogP contribution is -2.41. The van der Waals surface area contributed by atoms with Gasteiger partial charge < -0.3 is 5.32 Å². The number of aromatic nitrogens is 1. The zero-order valence-electron chi connectivity index (χ0n) is 20.9. The van der Waals surface area contributed by atoms with Gasteiger partial charge in [0.15, 0.2) is 5.13 Å². The van der Waals surface area contributed by atoms with Crippen LogP contribution in [-0.2, 0) is 21.2 Å². The molecule has 0 aliphatic carbocycles. The summed E-state index contributed by atoms with van der Waals surface area (Å²) in [6.45, 7) is 2.73. The van der Waals surface area contributed by atoms with Gasteiger partial charge in [-0.15, -0.1) is 22.7 Å². The van der Waals surface area contributed by atoms with Crippen LogP contribution in [0.25, 0.3) is 22.4 Å². The summed E-state index contributed by atoms with van der Waals surface area (Å²) in [6.07, 6.45) is 2.79. The van der Waals surface area contributed by atoms with Crippen LogP contribution in [0.1, 0.15) is 31.1 Å². The molecule has 5 rings (SSSR count). The number of aryl methyl sites for hydroxylation is 1. The van der Waals surface area contributed by atoms with Gasteiger partial charge in [0.1, 0.15) is 4.21 Å². The fourth-order valence-corrected chi connectivity index (χ4v) is 8.80. The summed E-state index contributed by atoms with van der Waals surface area (Å²) < 4.78 is 27.9. The molecule has 1 N–H and O–H groups in total. The van der Waals surface area contributed by atoms with Crippen LogP contribution in [0.15, 0.2) is 70.9 Å².